The third-order valence-corrected chi connectivity index (χ3v) is 3.39. The molecule has 0 aromatic heterocycles. The minimum Gasteiger partial charge on any atom is -0.419 e. The zero-order chi connectivity index (χ0) is 14.0. The second kappa shape index (κ2) is 5.27. The van der Waals surface area contributed by atoms with Gasteiger partial charge >= 0.3 is 11.9 Å². The maximum atomic E-state index is 11.7. The van der Waals surface area contributed by atoms with E-state index in [0.717, 1.165) is 4.90 Å². The summed E-state index contributed by atoms with van der Waals surface area (Å²) in [5, 5.41) is 2.04. The zero-order valence-electron chi connectivity index (χ0n) is 10.3. The van der Waals surface area contributed by atoms with E-state index < -0.39 is 17.7 Å². The standard InChI is InChI=1S/C13H11ClO4S/c1-13(2)17-11(15)10(12(16)18-13)7-19-9-5-3-8(14)4-6-9/h3-7H,1-2H3. The van der Waals surface area contributed by atoms with Crippen LogP contribution < -0.4 is 0 Å². The fourth-order valence-electron chi connectivity index (χ4n) is 1.40. The van der Waals surface area contributed by atoms with Crippen molar-refractivity contribution in [2.45, 2.75) is 24.5 Å². The Morgan fingerprint density at radius 1 is 1.11 bits per heavy atom. The second-order valence-corrected chi connectivity index (χ2v) is 5.66. The molecule has 1 aliphatic rings. The molecule has 0 aliphatic carbocycles. The fourth-order valence-corrected chi connectivity index (χ4v) is 2.26. The van der Waals surface area contributed by atoms with Gasteiger partial charge in [0.25, 0.3) is 5.79 Å². The molecule has 0 spiro atoms. The molecule has 100 valence electrons. The molecule has 1 fully saturated rings. The van der Waals surface area contributed by atoms with Crippen molar-refractivity contribution in [1.29, 1.82) is 0 Å². The Kier molecular flexibility index (Phi) is 3.87. The number of halogens is 1. The van der Waals surface area contributed by atoms with Crippen LogP contribution >= 0.6 is 23.4 Å². The molecule has 2 rings (SSSR count). The number of hydrogen-bond donors (Lipinski definition) is 0. The van der Waals surface area contributed by atoms with E-state index in [9.17, 15) is 9.59 Å². The molecule has 0 atom stereocenters. The van der Waals surface area contributed by atoms with Gasteiger partial charge in [-0.15, -0.1) is 0 Å². The molecule has 19 heavy (non-hydrogen) atoms. The van der Waals surface area contributed by atoms with E-state index in [-0.39, 0.29) is 5.57 Å². The first-order chi connectivity index (χ1) is 8.87. The van der Waals surface area contributed by atoms with Crippen LogP contribution in [-0.2, 0) is 19.1 Å². The topological polar surface area (TPSA) is 52.6 Å². The van der Waals surface area contributed by atoms with Crippen molar-refractivity contribution < 1.29 is 19.1 Å². The number of carbonyl (C=O) groups is 2. The van der Waals surface area contributed by atoms with E-state index in [2.05, 4.69) is 0 Å². The maximum Gasteiger partial charge on any atom is 0.349 e. The van der Waals surface area contributed by atoms with Gasteiger partial charge in [0.2, 0.25) is 0 Å². The number of benzene rings is 1. The minimum atomic E-state index is -1.21. The van der Waals surface area contributed by atoms with Crippen LogP contribution in [0.3, 0.4) is 0 Å². The Morgan fingerprint density at radius 3 is 2.16 bits per heavy atom. The van der Waals surface area contributed by atoms with E-state index in [0.29, 0.717) is 5.02 Å². The van der Waals surface area contributed by atoms with Crippen LogP contribution in [0.5, 0.6) is 0 Å². The van der Waals surface area contributed by atoms with E-state index in [1.54, 1.807) is 24.3 Å². The molecule has 1 aromatic carbocycles. The highest BCUT2D eigenvalue weighted by molar-refractivity contribution is 8.02. The summed E-state index contributed by atoms with van der Waals surface area (Å²) in [5.74, 6) is -2.57. The lowest BCUT2D eigenvalue weighted by Crippen LogP contribution is -2.41. The number of thioether (sulfide) groups is 1. The van der Waals surface area contributed by atoms with Crippen molar-refractivity contribution in [1.82, 2.24) is 0 Å². The van der Waals surface area contributed by atoms with Gasteiger partial charge in [-0.3, -0.25) is 0 Å². The predicted molar refractivity (Wildman–Crippen MR) is 71.7 cm³/mol. The van der Waals surface area contributed by atoms with E-state index in [1.165, 1.54) is 31.0 Å². The molecule has 6 heteroatoms. The van der Waals surface area contributed by atoms with E-state index in [1.807, 2.05) is 0 Å². The highest BCUT2D eigenvalue weighted by Gasteiger charge is 2.38. The van der Waals surface area contributed by atoms with Crippen LogP contribution in [-0.4, -0.2) is 17.7 Å². The molecule has 0 unspecified atom stereocenters. The molecule has 1 heterocycles. The monoisotopic (exact) mass is 298 g/mol. The normalized spacial score (nSPS) is 17.7. The molecular formula is C13H11ClO4S. The van der Waals surface area contributed by atoms with Crippen LogP contribution in [0.1, 0.15) is 13.8 Å². The largest absolute Gasteiger partial charge is 0.419 e. The third kappa shape index (κ3) is 3.52. The summed E-state index contributed by atoms with van der Waals surface area (Å²) < 4.78 is 9.96. The Balaban J connectivity index is 2.13. The molecule has 1 saturated heterocycles. The number of hydrogen-bond acceptors (Lipinski definition) is 5. The Hall–Kier alpha value is -1.46. The average molecular weight is 299 g/mol. The molecule has 0 amide bonds. The lowest BCUT2D eigenvalue weighted by atomic mass is 10.2. The Bertz CT molecular complexity index is 526. The van der Waals surface area contributed by atoms with Crippen LogP contribution in [0.2, 0.25) is 5.02 Å². The van der Waals surface area contributed by atoms with Gasteiger partial charge < -0.3 is 9.47 Å². The van der Waals surface area contributed by atoms with Crippen LogP contribution in [0.25, 0.3) is 0 Å². The number of ether oxygens (including phenoxy) is 2. The van der Waals surface area contributed by atoms with Crippen molar-refractivity contribution in [3.63, 3.8) is 0 Å². The van der Waals surface area contributed by atoms with Crippen molar-refractivity contribution in [3.05, 3.63) is 40.3 Å². The number of cyclic esters (lactones) is 2. The summed E-state index contributed by atoms with van der Waals surface area (Å²) in [6.45, 7) is 3.01. The van der Waals surface area contributed by atoms with Crippen LogP contribution in [0.4, 0.5) is 0 Å². The first-order valence-corrected chi connectivity index (χ1v) is 6.72. The number of carbonyl (C=O) groups excluding carboxylic acids is 2. The van der Waals surface area contributed by atoms with Gasteiger partial charge in [-0.25, -0.2) is 9.59 Å². The fraction of sp³-hybridized carbons (Fsp3) is 0.231. The summed E-state index contributed by atoms with van der Waals surface area (Å²) in [4.78, 5) is 24.2. The van der Waals surface area contributed by atoms with Crippen LogP contribution in [0.15, 0.2) is 40.1 Å². The molecule has 0 N–H and O–H groups in total. The minimum absolute atomic E-state index is 0.112. The van der Waals surface area contributed by atoms with Gasteiger partial charge in [-0.1, -0.05) is 23.4 Å². The number of rotatable bonds is 2. The zero-order valence-corrected chi connectivity index (χ0v) is 11.9. The summed E-state index contributed by atoms with van der Waals surface area (Å²) in [5.41, 5.74) is -0.112. The van der Waals surface area contributed by atoms with Gasteiger partial charge in [-0.05, 0) is 29.7 Å². The van der Waals surface area contributed by atoms with Crippen LogP contribution in [0, 0.1) is 0 Å². The molecule has 0 saturated carbocycles. The first-order valence-electron chi connectivity index (χ1n) is 5.46. The Morgan fingerprint density at radius 2 is 1.63 bits per heavy atom. The SMILES string of the molecule is CC1(C)OC(=O)C(=CSc2ccc(Cl)cc2)C(=O)O1. The molecule has 4 nitrogen and oxygen atoms in total. The lowest BCUT2D eigenvalue weighted by Gasteiger charge is -2.29. The van der Waals surface area contributed by atoms with Gasteiger partial charge in [0.05, 0.1) is 0 Å². The van der Waals surface area contributed by atoms with Gasteiger partial charge in [-0.2, -0.15) is 0 Å². The summed E-state index contributed by atoms with van der Waals surface area (Å²) in [6, 6.07) is 7.02. The predicted octanol–water partition coefficient (Wildman–Crippen LogP) is 3.15. The molecular weight excluding hydrogens is 288 g/mol. The molecule has 1 aliphatic heterocycles. The molecule has 0 bridgehead atoms. The third-order valence-electron chi connectivity index (χ3n) is 2.24. The van der Waals surface area contributed by atoms with Gasteiger partial charge in [0, 0.05) is 23.8 Å². The average Bonchev–Trinajstić information content (AvgIpc) is 2.29. The van der Waals surface area contributed by atoms with E-state index >= 15 is 0 Å². The van der Waals surface area contributed by atoms with Crippen molar-refractivity contribution in [2.75, 3.05) is 0 Å². The van der Waals surface area contributed by atoms with Crippen molar-refractivity contribution in [2.24, 2.45) is 0 Å². The van der Waals surface area contributed by atoms with Crippen molar-refractivity contribution in [3.8, 4) is 0 Å². The first kappa shape index (κ1) is 14.0. The molecule has 1 aromatic rings. The van der Waals surface area contributed by atoms with Gasteiger partial charge in [0.1, 0.15) is 0 Å². The second-order valence-electron chi connectivity index (χ2n) is 4.28. The summed E-state index contributed by atoms with van der Waals surface area (Å²) >= 11 is 6.99. The maximum absolute atomic E-state index is 11.7. The highest BCUT2D eigenvalue weighted by atomic mass is 35.5. The smallest absolute Gasteiger partial charge is 0.349 e. The Labute approximate surface area is 119 Å². The molecule has 0 radical (unpaired) electrons. The lowest BCUT2D eigenvalue weighted by molar-refractivity contribution is -0.222. The van der Waals surface area contributed by atoms with E-state index in [4.69, 9.17) is 21.1 Å². The highest BCUT2D eigenvalue weighted by Crippen LogP contribution is 2.27. The van der Waals surface area contributed by atoms with Crippen molar-refractivity contribution >= 4 is 35.3 Å². The quantitative estimate of drug-likeness (QED) is 0.363. The number of esters is 2. The summed E-state index contributed by atoms with van der Waals surface area (Å²) in [7, 11) is 0. The summed E-state index contributed by atoms with van der Waals surface area (Å²) in [6.07, 6.45) is 0. The van der Waals surface area contributed by atoms with Gasteiger partial charge in [0.15, 0.2) is 5.57 Å².